The molecule has 4 nitrogen and oxygen atoms in total. The number of pyridine rings is 1. The van der Waals surface area contributed by atoms with E-state index in [1.807, 2.05) is 47.3 Å². The first-order valence-corrected chi connectivity index (χ1v) is 6.36. The Hall–Kier alpha value is -2.36. The summed E-state index contributed by atoms with van der Waals surface area (Å²) in [5, 5.41) is 5.58. The fraction of sp³-hybridized carbons (Fsp3) is 0.200. The van der Waals surface area contributed by atoms with Crippen LogP contribution in [0, 0.1) is 0 Å². The van der Waals surface area contributed by atoms with Crippen LogP contribution in [-0.2, 0) is 0 Å². The standard InChI is InChI=1S/C15H16N4/c1-10(2)13-7-8-19(18-13)15-6-3-11-9-12(16)4-5-14(11)17-15/h3-10H,16H2,1-2H3. The van der Waals surface area contributed by atoms with Crippen molar-refractivity contribution in [2.45, 2.75) is 19.8 Å². The monoisotopic (exact) mass is 252 g/mol. The Morgan fingerprint density at radius 3 is 2.68 bits per heavy atom. The van der Waals surface area contributed by atoms with E-state index in [9.17, 15) is 0 Å². The second-order valence-electron chi connectivity index (χ2n) is 4.96. The van der Waals surface area contributed by atoms with Gasteiger partial charge in [-0.1, -0.05) is 13.8 Å². The molecule has 1 aromatic carbocycles. The predicted octanol–water partition coefficient (Wildman–Crippen LogP) is 3.13. The van der Waals surface area contributed by atoms with Crippen LogP contribution < -0.4 is 5.73 Å². The number of benzene rings is 1. The molecule has 2 aromatic heterocycles. The van der Waals surface area contributed by atoms with Crippen molar-refractivity contribution in [1.82, 2.24) is 14.8 Å². The van der Waals surface area contributed by atoms with Crippen LogP contribution in [0.4, 0.5) is 5.69 Å². The van der Waals surface area contributed by atoms with Gasteiger partial charge in [0.2, 0.25) is 0 Å². The molecule has 0 atom stereocenters. The van der Waals surface area contributed by atoms with Gasteiger partial charge in [-0.15, -0.1) is 0 Å². The van der Waals surface area contributed by atoms with Crippen molar-refractivity contribution < 1.29 is 0 Å². The summed E-state index contributed by atoms with van der Waals surface area (Å²) in [6.07, 6.45) is 1.95. The van der Waals surface area contributed by atoms with Crippen molar-refractivity contribution >= 4 is 16.6 Å². The fourth-order valence-corrected chi connectivity index (χ4v) is 2.03. The van der Waals surface area contributed by atoms with Gasteiger partial charge in [-0.05, 0) is 42.3 Å². The molecule has 0 aliphatic heterocycles. The van der Waals surface area contributed by atoms with Crippen molar-refractivity contribution in [2.75, 3.05) is 5.73 Å². The first-order chi connectivity index (χ1) is 9.13. The lowest BCUT2D eigenvalue weighted by Crippen LogP contribution is -2.00. The third kappa shape index (κ3) is 2.17. The van der Waals surface area contributed by atoms with Gasteiger partial charge in [-0.3, -0.25) is 0 Å². The van der Waals surface area contributed by atoms with Gasteiger partial charge in [0, 0.05) is 17.3 Å². The van der Waals surface area contributed by atoms with Crippen LogP contribution in [0.2, 0.25) is 0 Å². The molecule has 0 saturated carbocycles. The fourth-order valence-electron chi connectivity index (χ4n) is 2.03. The number of nitrogen functional groups attached to an aromatic ring is 1. The van der Waals surface area contributed by atoms with Crippen LogP contribution in [0.1, 0.15) is 25.5 Å². The Labute approximate surface area is 111 Å². The van der Waals surface area contributed by atoms with E-state index in [1.54, 1.807) is 0 Å². The summed E-state index contributed by atoms with van der Waals surface area (Å²) in [5.41, 5.74) is 8.51. The van der Waals surface area contributed by atoms with Crippen LogP contribution >= 0.6 is 0 Å². The van der Waals surface area contributed by atoms with Gasteiger partial charge in [0.15, 0.2) is 5.82 Å². The summed E-state index contributed by atoms with van der Waals surface area (Å²) in [5.74, 6) is 1.24. The SMILES string of the molecule is CC(C)c1ccn(-c2ccc3cc(N)ccc3n2)n1. The van der Waals surface area contributed by atoms with Crippen molar-refractivity contribution in [1.29, 1.82) is 0 Å². The minimum atomic E-state index is 0.418. The average molecular weight is 252 g/mol. The number of aromatic nitrogens is 3. The zero-order valence-corrected chi connectivity index (χ0v) is 11.0. The average Bonchev–Trinajstić information content (AvgIpc) is 2.88. The Morgan fingerprint density at radius 2 is 1.95 bits per heavy atom. The summed E-state index contributed by atoms with van der Waals surface area (Å²) >= 11 is 0. The molecule has 96 valence electrons. The molecule has 3 aromatic rings. The predicted molar refractivity (Wildman–Crippen MR) is 77.4 cm³/mol. The Balaban J connectivity index is 2.07. The highest BCUT2D eigenvalue weighted by Gasteiger charge is 2.06. The van der Waals surface area contributed by atoms with Crippen LogP contribution in [0.15, 0.2) is 42.6 Å². The van der Waals surface area contributed by atoms with Crippen LogP contribution in [0.3, 0.4) is 0 Å². The third-order valence-corrected chi connectivity index (χ3v) is 3.13. The summed E-state index contributed by atoms with van der Waals surface area (Å²) in [7, 11) is 0. The van der Waals surface area contributed by atoms with Gasteiger partial charge in [0.1, 0.15) is 0 Å². The van der Waals surface area contributed by atoms with Gasteiger partial charge in [-0.2, -0.15) is 5.10 Å². The molecule has 0 unspecified atom stereocenters. The molecule has 0 saturated heterocycles. The molecule has 19 heavy (non-hydrogen) atoms. The number of fused-ring (bicyclic) bond motifs is 1. The van der Waals surface area contributed by atoms with Gasteiger partial charge in [0.25, 0.3) is 0 Å². The lowest BCUT2D eigenvalue weighted by atomic mass is 10.1. The van der Waals surface area contributed by atoms with E-state index in [2.05, 4.69) is 23.9 Å². The topological polar surface area (TPSA) is 56.7 Å². The highest BCUT2D eigenvalue weighted by molar-refractivity contribution is 5.82. The maximum absolute atomic E-state index is 5.76. The van der Waals surface area contributed by atoms with E-state index < -0.39 is 0 Å². The highest BCUT2D eigenvalue weighted by atomic mass is 15.3. The maximum Gasteiger partial charge on any atom is 0.154 e. The quantitative estimate of drug-likeness (QED) is 0.713. The lowest BCUT2D eigenvalue weighted by molar-refractivity contribution is 0.759. The molecular formula is C15H16N4. The molecule has 0 aliphatic carbocycles. The van der Waals surface area contributed by atoms with Gasteiger partial charge in [-0.25, -0.2) is 9.67 Å². The van der Waals surface area contributed by atoms with E-state index in [0.29, 0.717) is 5.92 Å². The van der Waals surface area contributed by atoms with Crippen LogP contribution in [0.5, 0.6) is 0 Å². The van der Waals surface area contributed by atoms with Crippen molar-refractivity contribution in [3.05, 3.63) is 48.3 Å². The van der Waals surface area contributed by atoms with E-state index in [-0.39, 0.29) is 0 Å². The van der Waals surface area contributed by atoms with Crippen molar-refractivity contribution in [2.24, 2.45) is 0 Å². The number of rotatable bonds is 2. The molecule has 2 heterocycles. The molecule has 0 fully saturated rings. The summed E-state index contributed by atoms with van der Waals surface area (Å²) < 4.78 is 1.81. The summed E-state index contributed by atoms with van der Waals surface area (Å²) in [4.78, 5) is 4.60. The first-order valence-electron chi connectivity index (χ1n) is 6.36. The molecule has 3 rings (SSSR count). The molecule has 0 radical (unpaired) electrons. The largest absolute Gasteiger partial charge is 0.399 e. The first kappa shape index (κ1) is 11.7. The Kier molecular flexibility index (Phi) is 2.71. The molecule has 0 aliphatic rings. The molecule has 0 spiro atoms. The minimum Gasteiger partial charge on any atom is -0.399 e. The van der Waals surface area contributed by atoms with Gasteiger partial charge in [0.05, 0.1) is 11.2 Å². The number of nitrogens with two attached hydrogens (primary N) is 1. The number of nitrogens with zero attached hydrogens (tertiary/aromatic N) is 3. The van der Waals surface area contributed by atoms with Crippen molar-refractivity contribution in [3.63, 3.8) is 0 Å². The summed E-state index contributed by atoms with van der Waals surface area (Å²) in [6, 6.07) is 11.7. The summed E-state index contributed by atoms with van der Waals surface area (Å²) in [6.45, 7) is 4.26. The van der Waals surface area contributed by atoms with Gasteiger partial charge >= 0.3 is 0 Å². The van der Waals surface area contributed by atoms with E-state index >= 15 is 0 Å². The Bertz CT molecular complexity index is 728. The second-order valence-corrected chi connectivity index (χ2v) is 4.96. The van der Waals surface area contributed by atoms with E-state index in [4.69, 9.17) is 5.73 Å². The second kappa shape index (κ2) is 4.39. The number of anilines is 1. The number of hydrogen-bond acceptors (Lipinski definition) is 3. The Morgan fingerprint density at radius 1 is 1.11 bits per heavy atom. The van der Waals surface area contributed by atoms with Crippen LogP contribution in [-0.4, -0.2) is 14.8 Å². The third-order valence-electron chi connectivity index (χ3n) is 3.13. The van der Waals surface area contributed by atoms with E-state index in [1.165, 1.54) is 0 Å². The normalized spacial score (nSPS) is 11.3. The number of hydrogen-bond donors (Lipinski definition) is 1. The van der Waals surface area contributed by atoms with Crippen LogP contribution in [0.25, 0.3) is 16.7 Å². The zero-order chi connectivity index (χ0) is 13.4. The van der Waals surface area contributed by atoms with Crippen molar-refractivity contribution in [3.8, 4) is 5.82 Å². The smallest absolute Gasteiger partial charge is 0.154 e. The minimum absolute atomic E-state index is 0.418. The molecular weight excluding hydrogens is 236 g/mol. The molecule has 2 N–H and O–H groups in total. The lowest BCUT2D eigenvalue weighted by Gasteiger charge is -2.04. The molecule has 4 heteroatoms. The molecule has 0 amide bonds. The zero-order valence-electron chi connectivity index (χ0n) is 11.0. The van der Waals surface area contributed by atoms with E-state index in [0.717, 1.165) is 28.1 Å². The van der Waals surface area contributed by atoms with Gasteiger partial charge < -0.3 is 5.73 Å². The molecule has 0 bridgehead atoms. The maximum atomic E-state index is 5.76. The highest BCUT2D eigenvalue weighted by Crippen LogP contribution is 2.18.